The highest BCUT2D eigenvalue weighted by molar-refractivity contribution is 5.85. The van der Waals surface area contributed by atoms with Crippen molar-refractivity contribution in [3.63, 3.8) is 0 Å². The van der Waals surface area contributed by atoms with Crippen molar-refractivity contribution in [3.05, 3.63) is 24.0 Å². The highest BCUT2D eigenvalue weighted by Gasteiger charge is 2.41. The van der Waals surface area contributed by atoms with Gasteiger partial charge in [0.15, 0.2) is 0 Å². The van der Waals surface area contributed by atoms with Gasteiger partial charge in [0.25, 0.3) is 0 Å². The summed E-state index contributed by atoms with van der Waals surface area (Å²) in [5.74, 6) is 1.06. The van der Waals surface area contributed by atoms with Gasteiger partial charge in [-0.1, -0.05) is 0 Å². The molecule has 2 fully saturated rings. The van der Waals surface area contributed by atoms with Gasteiger partial charge in [0.2, 0.25) is 0 Å². The molecule has 0 radical (unpaired) electrons. The van der Waals surface area contributed by atoms with E-state index >= 15 is 0 Å². The molecule has 3 rings (SSSR count). The zero-order chi connectivity index (χ0) is 16.6. The number of hydrogen-bond acceptors (Lipinski definition) is 3. The molecule has 1 amide bonds. The molecule has 1 aromatic carbocycles. The first-order chi connectivity index (χ1) is 10.8. The number of benzene rings is 1. The van der Waals surface area contributed by atoms with Crippen LogP contribution >= 0.6 is 0 Å². The number of amides is 1. The minimum absolute atomic E-state index is 0.286. The predicted octanol–water partition coefficient (Wildman–Crippen LogP) is 4.77. The van der Waals surface area contributed by atoms with Crippen molar-refractivity contribution in [3.8, 4) is 0 Å². The van der Waals surface area contributed by atoms with E-state index in [1.165, 1.54) is 31.7 Å². The first-order valence-corrected chi connectivity index (χ1v) is 8.38. The molecular formula is C18H25FN2O2. The summed E-state index contributed by atoms with van der Waals surface area (Å²) in [6, 6.07) is 4.94. The van der Waals surface area contributed by atoms with E-state index in [0.717, 1.165) is 0 Å². The molecule has 0 spiro atoms. The summed E-state index contributed by atoms with van der Waals surface area (Å²) in [5.41, 5.74) is 0.435. The smallest absolute Gasteiger partial charge is 0.412 e. The number of halogens is 1. The van der Waals surface area contributed by atoms with E-state index in [-0.39, 0.29) is 5.82 Å². The molecule has 0 heterocycles. The first kappa shape index (κ1) is 16.1. The highest BCUT2D eigenvalue weighted by Crippen LogP contribution is 2.46. The Hall–Kier alpha value is -1.78. The number of ether oxygens (including phenoxy) is 1. The van der Waals surface area contributed by atoms with Crippen LogP contribution in [0.4, 0.5) is 20.6 Å². The van der Waals surface area contributed by atoms with E-state index in [1.807, 2.05) is 0 Å². The Balaban J connectivity index is 1.67. The van der Waals surface area contributed by atoms with Gasteiger partial charge in [0.05, 0.1) is 5.69 Å². The second-order valence-electron chi connectivity index (χ2n) is 7.67. The molecule has 23 heavy (non-hydrogen) atoms. The molecule has 2 N–H and O–H groups in total. The van der Waals surface area contributed by atoms with Gasteiger partial charge in [-0.2, -0.15) is 0 Å². The van der Waals surface area contributed by atoms with Gasteiger partial charge in [-0.25, -0.2) is 9.18 Å². The second-order valence-corrected chi connectivity index (χ2v) is 7.67. The molecule has 0 aliphatic heterocycles. The fourth-order valence-corrected chi connectivity index (χ4v) is 2.85. The summed E-state index contributed by atoms with van der Waals surface area (Å²) in [6.07, 6.45) is 4.38. The lowest BCUT2D eigenvalue weighted by atomic mass is 10.1. The van der Waals surface area contributed by atoms with Crippen molar-refractivity contribution in [2.24, 2.45) is 11.8 Å². The fourth-order valence-electron chi connectivity index (χ4n) is 2.85. The molecule has 0 bridgehead atoms. The van der Waals surface area contributed by atoms with Gasteiger partial charge in [-0.3, -0.25) is 5.32 Å². The van der Waals surface area contributed by atoms with E-state index in [2.05, 4.69) is 10.6 Å². The molecule has 0 atom stereocenters. The van der Waals surface area contributed by atoms with Crippen LogP contribution in [0.25, 0.3) is 0 Å². The van der Waals surface area contributed by atoms with Crippen molar-refractivity contribution in [2.45, 2.75) is 58.1 Å². The Bertz CT molecular complexity index is 577. The summed E-state index contributed by atoms with van der Waals surface area (Å²) in [7, 11) is 0. The van der Waals surface area contributed by atoms with Gasteiger partial charge >= 0.3 is 6.09 Å². The first-order valence-electron chi connectivity index (χ1n) is 8.38. The van der Waals surface area contributed by atoms with E-state index in [4.69, 9.17) is 4.74 Å². The predicted molar refractivity (Wildman–Crippen MR) is 89.1 cm³/mol. The van der Waals surface area contributed by atoms with Crippen LogP contribution in [0.2, 0.25) is 0 Å². The zero-order valence-corrected chi connectivity index (χ0v) is 14.0. The molecule has 2 saturated carbocycles. The van der Waals surface area contributed by atoms with Gasteiger partial charge in [0.1, 0.15) is 11.4 Å². The van der Waals surface area contributed by atoms with Crippen molar-refractivity contribution in [1.29, 1.82) is 0 Å². The van der Waals surface area contributed by atoms with Gasteiger partial charge in [-0.05, 0) is 76.5 Å². The number of carbonyl (C=O) groups excluding carboxylic acids is 1. The van der Waals surface area contributed by atoms with Crippen LogP contribution in [0.15, 0.2) is 18.2 Å². The average Bonchev–Trinajstić information content (AvgIpc) is 3.31. The van der Waals surface area contributed by atoms with Crippen molar-refractivity contribution in [1.82, 2.24) is 0 Å². The van der Waals surface area contributed by atoms with E-state index in [9.17, 15) is 9.18 Å². The lowest BCUT2D eigenvalue weighted by Gasteiger charge is -2.21. The Morgan fingerprint density at radius 2 is 1.83 bits per heavy atom. The third-order valence-corrected chi connectivity index (χ3v) is 4.19. The van der Waals surface area contributed by atoms with E-state index in [1.54, 1.807) is 32.9 Å². The third kappa shape index (κ3) is 4.60. The molecule has 0 aromatic heterocycles. The lowest BCUT2D eigenvalue weighted by molar-refractivity contribution is 0.0636. The SMILES string of the molecule is CC(C)(C)OC(=O)Nc1ccc(F)c(NC(C2CC2)C2CC2)c1. The topological polar surface area (TPSA) is 50.4 Å². The standard InChI is InChI=1S/C18H25FN2O2/c1-18(2,3)23-17(22)20-13-8-9-14(19)15(10-13)21-16(11-4-5-11)12-6-7-12/h8-12,16,21H,4-7H2,1-3H3,(H,20,22). The molecule has 1 aromatic rings. The van der Waals surface area contributed by atoms with Crippen molar-refractivity contribution < 1.29 is 13.9 Å². The normalized spacial score (nSPS) is 18.0. The molecule has 2 aliphatic carbocycles. The van der Waals surface area contributed by atoms with Crippen LogP contribution in [-0.4, -0.2) is 17.7 Å². The molecular weight excluding hydrogens is 295 g/mol. The van der Waals surface area contributed by atoms with Gasteiger partial charge in [-0.15, -0.1) is 0 Å². The highest BCUT2D eigenvalue weighted by atomic mass is 19.1. The molecule has 4 nitrogen and oxygen atoms in total. The molecule has 126 valence electrons. The Kier molecular flexibility index (Phi) is 4.21. The monoisotopic (exact) mass is 320 g/mol. The molecule has 5 heteroatoms. The van der Waals surface area contributed by atoms with Gasteiger partial charge in [0, 0.05) is 11.7 Å². The maximum atomic E-state index is 14.1. The van der Waals surface area contributed by atoms with Gasteiger partial charge < -0.3 is 10.1 Å². The molecule has 0 saturated heterocycles. The lowest BCUT2D eigenvalue weighted by Crippen LogP contribution is -2.27. The van der Waals surface area contributed by atoms with Crippen molar-refractivity contribution in [2.75, 3.05) is 10.6 Å². The van der Waals surface area contributed by atoms with E-state index in [0.29, 0.717) is 29.3 Å². The summed E-state index contributed by atoms with van der Waals surface area (Å²) in [5, 5.41) is 6.03. The summed E-state index contributed by atoms with van der Waals surface area (Å²) >= 11 is 0. The minimum atomic E-state index is -0.561. The number of carbonyl (C=O) groups is 1. The average molecular weight is 320 g/mol. The number of rotatable bonds is 5. The Morgan fingerprint density at radius 3 is 2.35 bits per heavy atom. The number of hydrogen-bond donors (Lipinski definition) is 2. The summed E-state index contributed by atoms with van der Waals surface area (Å²) < 4.78 is 19.3. The Labute approximate surface area is 136 Å². The third-order valence-electron chi connectivity index (χ3n) is 4.19. The summed E-state index contributed by atoms with van der Waals surface area (Å²) in [4.78, 5) is 11.8. The zero-order valence-electron chi connectivity index (χ0n) is 14.0. The number of anilines is 2. The summed E-state index contributed by atoms with van der Waals surface area (Å²) in [6.45, 7) is 5.42. The maximum Gasteiger partial charge on any atom is 0.412 e. The Morgan fingerprint density at radius 1 is 1.22 bits per heavy atom. The van der Waals surface area contributed by atoms with Crippen LogP contribution in [0.1, 0.15) is 46.5 Å². The van der Waals surface area contributed by atoms with Crippen molar-refractivity contribution >= 4 is 17.5 Å². The maximum absolute atomic E-state index is 14.1. The number of nitrogens with one attached hydrogen (secondary N) is 2. The minimum Gasteiger partial charge on any atom is -0.444 e. The van der Waals surface area contributed by atoms with Crippen LogP contribution in [0.5, 0.6) is 0 Å². The van der Waals surface area contributed by atoms with Crippen LogP contribution in [0.3, 0.4) is 0 Å². The fraction of sp³-hybridized carbons (Fsp3) is 0.611. The second kappa shape index (κ2) is 6.02. The van der Waals surface area contributed by atoms with Crippen LogP contribution in [-0.2, 0) is 4.74 Å². The quantitative estimate of drug-likeness (QED) is 0.821. The largest absolute Gasteiger partial charge is 0.444 e. The van der Waals surface area contributed by atoms with E-state index < -0.39 is 11.7 Å². The van der Waals surface area contributed by atoms with Crippen LogP contribution in [0, 0.1) is 17.7 Å². The van der Waals surface area contributed by atoms with Crippen LogP contribution < -0.4 is 10.6 Å². The molecule has 2 aliphatic rings. The molecule has 0 unspecified atom stereocenters.